The smallest absolute Gasteiger partial charge is 0.223 e. The van der Waals surface area contributed by atoms with Gasteiger partial charge in [-0.2, -0.15) is 0 Å². The maximum Gasteiger partial charge on any atom is 0.223 e. The second kappa shape index (κ2) is 9.60. The van der Waals surface area contributed by atoms with Gasteiger partial charge >= 0.3 is 0 Å². The Morgan fingerprint density at radius 3 is 2.43 bits per heavy atom. The van der Waals surface area contributed by atoms with Crippen LogP contribution in [-0.4, -0.2) is 26.2 Å². The fourth-order valence-corrected chi connectivity index (χ4v) is 3.52. The summed E-state index contributed by atoms with van der Waals surface area (Å²) in [5.41, 5.74) is 7.41. The number of amides is 1. The molecule has 1 amide bonds. The number of carbonyl (C=O) groups is 1. The Morgan fingerprint density at radius 2 is 1.79 bits per heavy atom. The summed E-state index contributed by atoms with van der Waals surface area (Å²) in [7, 11) is 1.68. The Bertz CT molecular complexity index is 771. The summed E-state index contributed by atoms with van der Waals surface area (Å²) < 4.78 is 17.1. The lowest BCUT2D eigenvalue weighted by molar-refractivity contribution is -0.132. The molecule has 1 fully saturated rings. The molecule has 0 atom stereocenters. The van der Waals surface area contributed by atoms with Crippen LogP contribution in [-0.2, 0) is 22.6 Å². The van der Waals surface area contributed by atoms with Gasteiger partial charge in [0.1, 0.15) is 6.61 Å². The van der Waals surface area contributed by atoms with E-state index in [1.165, 1.54) is 0 Å². The number of nitrogens with two attached hydrogens (primary N) is 1. The zero-order valence-electron chi connectivity index (χ0n) is 16.5. The van der Waals surface area contributed by atoms with Crippen molar-refractivity contribution in [1.82, 2.24) is 0 Å². The lowest BCUT2D eigenvalue weighted by Crippen LogP contribution is -2.44. The van der Waals surface area contributed by atoms with Gasteiger partial charge in [0.15, 0.2) is 11.5 Å². The molecule has 2 N–H and O–H groups in total. The first kappa shape index (κ1) is 20.2. The second-order valence-corrected chi connectivity index (χ2v) is 7.43. The lowest BCUT2D eigenvalue weighted by Gasteiger charge is -2.39. The number of hydrogen-bond donors (Lipinski definition) is 1. The fourth-order valence-electron chi connectivity index (χ4n) is 3.52. The predicted molar refractivity (Wildman–Crippen MR) is 108 cm³/mol. The molecule has 2 aromatic carbocycles. The highest BCUT2D eigenvalue weighted by atomic mass is 16.5. The zero-order valence-corrected chi connectivity index (χ0v) is 16.5. The van der Waals surface area contributed by atoms with Gasteiger partial charge in [-0.25, -0.2) is 0 Å². The number of ether oxygens (including phenoxy) is 3. The van der Waals surface area contributed by atoms with Crippen LogP contribution in [0.1, 0.15) is 36.8 Å². The van der Waals surface area contributed by atoms with Crippen molar-refractivity contribution in [3.8, 4) is 11.5 Å². The van der Waals surface area contributed by atoms with Crippen LogP contribution >= 0.6 is 0 Å². The number of benzene rings is 2. The Hall–Kier alpha value is -2.53. The first-order valence-electron chi connectivity index (χ1n) is 9.84. The molecule has 0 aliphatic heterocycles. The van der Waals surface area contributed by atoms with E-state index < -0.39 is 5.41 Å². The lowest BCUT2D eigenvalue weighted by atomic mass is 9.65. The number of carbonyl (C=O) groups excluding carboxylic acids is 1. The van der Waals surface area contributed by atoms with Crippen LogP contribution in [0.4, 0.5) is 0 Å². The third-order valence-corrected chi connectivity index (χ3v) is 5.37. The van der Waals surface area contributed by atoms with Gasteiger partial charge in [0.25, 0.3) is 0 Å². The standard InChI is InChI=1S/C23H29NO4/c1-26-13-6-14-27-21-15-19(16-23(22(24)25)11-5-12-23)9-10-20(21)28-17-18-7-3-2-4-8-18/h2-4,7-10,15H,5-6,11-14,16-17H2,1H3,(H2,24,25). The molecule has 0 spiro atoms. The van der Waals surface area contributed by atoms with E-state index in [-0.39, 0.29) is 5.91 Å². The normalized spacial score (nSPS) is 14.9. The van der Waals surface area contributed by atoms with E-state index in [0.29, 0.717) is 37.7 Å². The maximum atomic E-state index is 11.9. The predicted octanol–water partition coefficient (Wildman–Crippen LogP) is 3.88. The highest BCUT2D eigenvalue weighted by molar-refractivity contribution is 5.82. The van der Waals surface area contributed by atoms with Crippen molar-refractivity contribution >= 4 is 5.91 Å². The molecule has 5 nitrogen and oxygen atoms in total. The third kappa shape index (κ3) is 5.04. The molecule has 0 saturated heterocycles. The van der Waals surface area contributed by atoms with E-state index in [2.05, 4.69) is 0 Å². The molecule has 2 aromatic rings. The summed E-state index contributed by atoms with van der Waals surface area (Å²) in [6.45, 7) is 1.66. The zero-order chi connectivity index (χ0) is 19.8. The Balaban J connectivity index is 1.73. The summed E-state index contributed by atoms with van der Waals surface area (Å²) in [6.07, 6.45) is 4.22. The molecule has 28 heavy (non-hydrogen) atoms. The van der Waals surface area contributed by atoms with Gasteiger partial charge in [0.05, 0.1) is 12.0 Å². The van der Waals surface area contributed by atoms with Crippen molar-refractivity contribution in [2.45, 2.75) is 38.7 Å². The molecule has 1 saturated carbocycles. The van der Waals surface area contributed by atoms with Gasteiger partial charge in [0, 0.05) is 20.1 Å². The minimum atomic E-state index is -0.403. The van der Waals surface area contributed by atoms with Gasteiger partial charge < -0.3 is 19.9 Å². The average molecular weight is 383 g/mol. The van der Waals surface area contributed by atoms with Crippen molar-refractivity contribution in [2.75, 3.05) is 20.3 Å². The first-order valence-corrected chi connectivity index (χ1v) is 9.84. The molecule has 0 aromatic heterocycles. The van der Waals surface area contributed by atoms with E-state index in [1.807, 2.05) is 48.5 Å². The number of primary amides is 1. The molecular weight excluding hydrogens is 354 g/mol. The van der Waals surface area contributed by atoms with E-state index in [1.54, 1.807) is 7.11 Å². The first-order chi connectivity index (χ1) is 13.6. The van der Waals surface area contributed by atoms with E-state index in [9.17, 15) is 4.79 Å². The summed E-state index contributed by atoms with van der Waals surface area (Å²) >= 11 is 0. The maximum absolute atomic E-state index is 11.9. The topological polar surface area (TPSA) is 70.8 Å². The largest absolute Gasteiger partial charge is 0.490 e. The van der Waals surface area contributed by atoms with Crippen molar-refractivity contribution in [1.29, 1.82) is 0 Å². The molecule has 0 radical (unpaired) electrons. The van der Waals surface area contributed by atoms with Crippen LogP contribution in [0, 0.1) is 5.41 Å². The monoisotopic (exact) mass is 383 g/mol. The van der Waals surface area contributed by atoms with Crippen LogP contribution in [0.3, 0.4) is 0 Å². The van der Waals surface area contributed by atoms with Crippen molar-refractivity contribution in [2.24, 2.45) is 11.1 Å². The Kier molecular flexibility index (Phi) is 6.93. The van der Waals surface area contributed by atoms with E-state index >= 15 is 0 Å². The quantitative estimate of drug-likeness (QED) is 0.598. The van der Waals surface area contributed by atoms with Crippen LogP contribution < -0.4 is 15.2 Å². The Labute approximate surface area is 166 Å². The summed E-state index contributed by atoms with van der Waals surface area (Å²) in [4.78, 5) is 11.9. The van der Waals surface area contributed by atoms with Gasteiger partial charge in [-0.15, -0.1) is 0 Å². The number of hydrogen-bond acceptors (Lipinski definition) is 4. The van der Waals surface area contributed by atoms with Crippen LogP contribution in [0.15, 0.2) is 48.5 Å². The van der Waals surface area contributed by atoms with Crippen molar-refractivity contribution in [3.63, 3.8) is 0 Å². The molecule has 1 aliphatic rings. The van der Waals surface area contributed by atoms with Crippen molar-refractivity contribution in [3.05, 3.63) is 59.7 Å². The van der Waals surface area contributed by atoms with Gasteiger partial charge in [-0.3, -0.25) is 4.79 Å². The molecule has 1 aliphatic carbocycles. The van der Waals surface area contributed by atoms with E-state index in [4.69, 9.17) is 19.9 Å². The Morgan fingerprint density at radius 1 is 1.00 bits per heavy atom. The highest BCUT2D eigenvalue weighted by Crippen LogP contribution is 2.44. The third-order valence-electron chi connectivity index (χ3n) is 5.37. The molecule has 0 unspecified atom stereocenters. The minimum absolute atomic E-state index is 0.203. The molecule has 3 rings (SSSR count). The van der Waals surface area contributed by atoms with Gasteiger partial charge in [0.2, 0.25) is 5.91 Å². The molecule has 5 heteroatoms. The number of rotatable bonds is 11. The van der Waals surface area contributed by atoms with Gasteiger partial charge in [-0.05, 0) is 42.5 Å². The summed E-state index contributed by atoms with van der Waals surface area (Å²) in [5, 5.41) is 0. The fraction of sp³-hybridized carbons (Fsp3) is 0.435. The minimum Gasteiger partial charge on any atom is -0.490 e. The van der Waals surface area contributed by atoms with Crippen LogP contribution in [0.2, 0.25) is 0 Å². The molecular formula is C23H29NO4. The summed E-state index contributed by atoms with van der Waals surface area (Å²) in [5.74, 6) is 1.20. The highest BCUT2D eigenvalue weighted by Gasteiger charge is 2.42. The van der Waals surface area contributed by atoms with Crippen LogP contribution in [0.25, 0.3) is 0 Å². The molecule has 0 bridgehead atoms. The summed E-state index contributed by atoms with van der Waals surface area (Å²) in [6, 6.07) is 15.9. The van der Waals surface area contributed by atoms with Crippen LogP contribution in [0.5, 0.6) is 11.5 Å². The SMILES string of the molecule is COCCCOc1cc(CC2(C(N)=O)CCC2)ccc1OCc1ccccc1. The van der Waals surface area contributed by atoms with Crippen molar-refractivity contribution < 1.29 is 19.0 Å². The molecule has 0 heterocycles. The van der Waals surface area contributed by atoms with Gasteiger partial charge in [-0.1, -0.05) is 42.8 Å². The van der Waals surface area contributed by atoms with E-state index in [0.717, 1.165) is 36.8 Å². The average Bonchev–Trinajstić information content (AvgIpc) is 2.68. The number of methoxy groups -OCH3 is 1. The second-order valence-electron chi connectivity index (χ2n) is 7.43. The molecule has 150 valence electrons.